The number of carbonyl (C=O) groups excluding carboxylic acids is 1. The Kier molecular flexibility index (Phi) is 4.21. The van der Waals surface area contributed by atoms with Crippen LogP contribution in [0, 0.1) is 5.92 Å². The lowest BCUT2D eigenvalue weighted by atomic mass is 9.91. The average molecular weight is 376 g/mol. The fourth-order valence-corrected chi connectivity index (χ4v) is 3.72. The third-order valence-electron chi connectivity index (χ3n) is 4.88. The van der Waals surface area contributed by atoms with E-state index in [9.17, 15) is 14.7 Å². The number of esters is 1. The molecule has 27 heavy (non-hydrogen) atoms. The molecule has 0 spiro atoms. The molecule has 8 nitrogen and oxygen atoms in total. The molecule has 0 saturated carbocycles. The fourth-order valence-electron chi connectivity index (χ4n) is 3.72. The standard InChI is InChI=1S/C19H20O8/c1-19(2)26-15-14-13(25-18(15)27-19)12(17(22)24-14)11(16(20)21)8-9-4-6-10(23-3)7-5-9/h4-8,12-15,18H,1-3H3,(H,20,21). The van der Waals surface area contributed by atoms with Gasteiger partial charge in [0.15, 0.2) is 24.3 Å². The lowest BCUT2D eigenvalue weighted by Gasteiger charge is -2.22. The van der Waals surface area contributed by atoms with Crippen molar-refractivity contribution in [1.82, 2.24) is 0 Å². The fraction of sp³-hybridized carbons (Fsp3) is 0.474. The molecule has 4 rings (SSSR count). The highest BCUT2D eigenvalue weighted by Gasteiger charge is 2.64. The van der Waals surface area contributed by atoms with Crippen LogP contribution in [0.4, 0.5) is 0 Å². The van der Waals surface area contributed by atoms with E-state index in [1.54, 1.807) is 45.2 Å². The van der Waals surface area contributed by atoms with Gasteiger partial charge in [-0.25, -0.2) is 4.79 Å². The zero-order chi connectivity index (χ0) is 19.3. The average Bonchev–Trinajstić information content (AvgIpc) is 3.19. The number of carbonyl (C=O) groups is 2. The highest BCUT2D eigenvalue weighted by molar-refractivity contribution is 5.99. The maximum Gasteiger partial charge on any atom is 0.332 e. The van der Waals surface area contributed by atoms with Crippen LogP contribution in [0.25, 0.3) is 6.08 Å². The molecule has 0 aromatic heterocycles. The number of carboxylic acid groups (broad SMARTS) is 1. The number of hydrogen-bond donors (Lipinski definition) is 1. The van der Waals surface area contributed by atoms with Gasteiger partial charge in [0.2, 0.25) is 0 Å². The molecular formula is C19H20O8. The highest BCUT2D eigenvalue weighted by Crippen LogP contribution is 2.46. The van der Waals surface area contributed by atoms with Gasteiger partial charge in [0.1, 0.15) is 17.8 Å². The van der Waals surface area contributed by atoms with Crippen LogP contribution >= 0.6 is 0 Å². The minimum atomic E-state index is -1.21. The molecule has 1 aromatic carbocycles. The van der Waals surface area contributed by atoms with E-state index in [-0.39, 0.29) is 5.57 Å². The second-order valence-electron chi connectivity index (χ2n) is 7.13. The summed E-state index contributed by atoms with van der Waals surface area (Å²) in [6, 6.07) is 6.83. The van der Waals surface area contributed by atoms with Crippen LogP contribution < -0.4 is 4.74 Å². The van der Waals surface area contributed by atoms with Crippen molar-refractivity contribution < 1.29 is 38.4 Å². The third-order valence-corrected chi connectivity index (χ3v) is 4.88. The number of aliphatic carboxylic acids is 1. The largest absolute Gasteiger partial charge is 0.497 e. The van der Waals surface area contributed by atoms with Crippen LogP contribution in [-0.4, -0.2) is 54.5 Å². The van der Waals surface area contributed by atoms with E-state index in [4.69, 9.17) is 23.7 Å². The van der Waals surface area contributed by atoms with Crippen LogP contribution in [0.15, 0.2) is 29.8 Å². The predicted octanol–water partition coefficient (Wildman–Crippen LogP) is 1.58. The van der Waals surface area contributed by atoms with Crippen LogP contribution in [0.1, 0.15) is 19.4 Å². The number of methoxy groups -OCH3 is 1. The van der Waals surface area contributed by atoms with E-state index in [1.165, 1.54) is 6.08 Å². The van der Waals surface area contributed by atoms with Gasteiger partial charge in [-0.3, -0.25) is 4.79 Å². The Bertz CT molecular complexity index is 796. The van der Waals surface area contributed by atoms with Gasteiger partial charge in [-0.2, -0.15) is 0 Å². The first-order valence-corrected chi connectivity index (χ1v) is 8.59. The van der Waals surface area contributed by atoms with E-state index in [1.807, 2.05) is 0 Å². The molecule has 3 heterocycles. The van der Waals surface area contributed by atoms with Crippen molar-refractivity contribution in [3.8, 4) is 5.75 Å². The zero-order valence-electron chi connectivity index (χ0n) is 15.1. The summed E-state index contributed by atoms with van der Waals surface area (Å²) in [5.74, 6) is -3.11. The first kappa shape index (κ1) is 18.0. The van der Waals surface area contributed by atoms with E-state index >= 15 is 0 Å². The van der Waals surface area contributed by atoms with Gasteiger partial charge in [0.25, 0.3) is 0 Å². The molecule has 3 fully saturated rings. The van der Waals surface area contributed by atoms with E-state index in [2.05, 4.69) is 0 Å². The Morgan fingerprint density at radius 3 is 2.48 bits per heavy atom. The summed E-state index contributed by atoms with van der Waals surface area (Å²) in [6.45, 7) is 3.48. The molecule has 3 saturated heterocycles. The molecule has 0 radical (unpaired) electrons. The Hall–Kier alpha value is -2.42. The lowest BCUT2D eigenvalue weighted by molar-refractivity contribution is -0.211. The minimum absolute atomic E-state index is 0.100. The van der Waals surface area contributed by atoms with Gasteiger partial charge < -0.3 is 28.8 Å². The van der Waals surface area contributed by atoms with Crippen molar-refractivity contribution >= 4 is 18.0 Å². The molecule has 1 aromatic rings. The number of ether oxygens (including phenoxy) is 5. The maximum atomic E-state index is 12.5. The summed E-state index contributed by atoms with van der Waals surface area (Å²) in [4.78, 5) is 24.3. The quantitative estimate of drug-likeness (QED) is 0.624. The molecule has 0 aliphatic carbocycles. The minimum Gasteiger partial charge on any atom is -0.497 e. The first-order valence-electron chi connectivity index (χ1n) is 8.59. The van der Waals surface area contributed by atoms with Gasteiger partial charge in [-0.05, 0) is 37.6 Å². The van der Waals surface area contributed by atoms with Crippen LogP contribution in [-0.2, 0) is 28.5 Å². The van der Waals surface area contributed by atoms with E-state index in [0.29, 0.717) is 11.3 Å². The third kappa shape index (κ3) is 3.09. The number of hydrogen-bond acceptors (Lipinski definition) is 7. The topological polar surface area (TPSA) is 101 Å². The van der Waals surface area contributed by atoms with Crippen molar-refractivity contribution in [3.05, 3.63) is 35.4 Å². The number of fused-ring (bicyclic) bond motifs is 3. The molecule has 0 amide bonds. The molecular weight excluding hydrogens is 356 g/mol. The summed E-state index contributed by atoms with van der Waals surface area (Å²) >= 11 is 0. The van der Waals surface area contributed by atoms with Crippen molar-refractivity contribution in [2.24, 2.45) is 5.92 Å². The molecule has 0 bridgehead atoms. The Morgan fingerprint density at radius 1 is 1.15 bits per heavy atom. The molecule has 5 atom stereocenters. The second-order valence-corrected chi connectivity index (χ2v) is 7.13. The Morgan fingerprint density at radius 2 is 1.85 bits per heavy atom. The molecule has 1 N–H and O–H groups in total. The van der Waals surface area contributed by atoms with Gasteiger partial charge in [0, 0.05) is 0 Å². The SMILES string of the molecule is COc1ccc(C=C(C(=O)O)C2C(=O)OC3C4OC(C)(C)OC4OC23)cc1. The number of benzene rings is 1. The molecule has 8 heteroatoms. The molecule has 5 unspecified atom stereocenters. The molecule has 3 aliphatic heterocycles. The number of rotatable bonds is 4. The van der Waals surface area contributed by atoms with Gasteiger partial charge in [-0.15, -0.1) is 0 Å². The Balaban J connectivity index is 1.63. The van der Waals surface area contributed by atoms with Gasteiger partial charge >= 0.3 is 11.9 Å². The van der Waals surface area contributed by atoms with Crippen molar-refractivity contribution in [3.63, 3.8) is 0 Å². The van der Waals surface area contributed by atoms with Crippen molar-refractivity contribution in [2.45, 2.75) is 44.2 Å². The van der Waals surface area contributed by atoms with Crippen LogP contribution in [0.2, 0.25) is 0 Å². The van der Waals surface area contributed by atoms with E-state index in [0.717, 1.165) is 0 Å². The predicted molar refractivity (Wildman–Crippen MR) is 90.7 cm³/mol. The normalized spacial score (nSPS) is 34.1. The van der Waals surface area contributed by atoms with Gasteiger partial charge in [-0.1, -0.05) is 12.1 Å². The smallest absolute Gasteiger partial charge is 0.332 e. The summed E-state index contributed by atoms with van der Waals surface area (Å²) in [7, 11) is 1.54. The Labute approximate surface area is 155 Å². The van der Waals surface area contributed by atoms with Crippen molar-refractivity contribution in [2.75, 3.05) is 7.11 Å². The monoisotopic (exact) mass is 376 g/mol. The maximum absolute atomic E-state index is 12.5. The van der Waals surface area contributed by atoms with Crippen LogP contribution in [0.3, 0.4) is 0 Å². The summed E-state index contributed by atoms with van der Waals surface area (Å²) < 4.78 is 27.8. The van der Waals surface area contributed by atoms with Crippen LogP contribution in [0.5, 0.6) is 5.75 Å². The first-order chi connectivity index (χ1) is 12.8. The van der Waals surface area contributed by atoms with Crippen molar-refractivity contribution in [1.29, 1.82) is 0 Å². The lowest BCUT2D eigenvalue weighted by Crippen LogP contribution is -2.34. The van der Waals surface area contributed by atoms with E-state index < -0.39 is 48.2 Å². The zero-order valence-corrected chi connectivity index (χ0v) is 15.1. The van der Waals surface area contributed by atoms with Gasteiger partial charge in [0.05, 0.1) is 12.7 Å². The second kappa shape index (κ2) is 6.33. The molecule has 144 valence electrons. The molecule has 3 aliphatic rings. The summed E-state index contributed by atoms with van der Waals surface area (Å²) in [5.41, 5.74) is 0.521. The summed E-state index contributed by atoms with van der Waals surface area (Å²) in [5, 5.41) is 9.70. The number of carboxylic acids is 1. The summed E-state index contributed by atoms with van der Waals surface area (Å²) in [6.07, 6.45) is -1.30. The highest BCUT2D eigenvalue weighted by atomic mass is 16.8.